The smallest absolute Gasteiger partial charge is 0.319 e. The fourth-order valence-electron chi connectivity index (χ4n) is 5.13. The molecule has 2 aromatic heterocycles. The predicted octanol–water partition coefficient (Wildman–Crippen LogP) is 5.18. The summed E-state index contributed by atoms with van der Waals surface area (Å²) >= 11 is 0. The standard InChI is InChI=1S/C29H30F2N4O4/c1-3-19-22(30)6-5-17-13-18(36)14-20(23(17)19)25-24(31)26-21(15-32-25)27(35-8-4-10-37-12-9-35)34-28(33-26)38-11-7-29(2)16-39-29/h5-6,13-15,36H,3-4,7-12,16H2,1-2H3. The number of anilines is 1. The zero-order valence-electron chi connectivity index (χ0n) is 22.0. The highest BCUT2D eigenvalue weighted by molar-refractivity contribution is 6.01. The molecule has 0 radical (unpaired) electrons. The minimum absolute atomic E-state index is 0.0302. The molecule has 4 heterocycles. The number of ether oxygens (including phenoxy) is 3. The van der Waals surface area contributed by atoms with E-state index in [1.54, 1.807) is 12.3 Å². The van der Waals surface area contributed by atoms with Crippen molar-refractivity contribution in [1.29, 1.82) is 0 Å². The van der Waals surface area contributed by atoms with Crippen LogP contribution in [0.25, 0.3) is 32.9 Å². The fraction of sp³-hybridized carbons (Fsp3) is 0.414. The molecule has 10 heteroatoms. The third kappa shape index (κ3) is 4.94. The van der Waals surface area contributed by atoms with Gasteiger partial charge in [-0.15, -0.1) is 0 Å². The molecule has 2 aromatic carbocycles. The molecule has 1 atom stereocenters. The molecule has 2 saturated heterocycles. The number of aromatic hydroxyl groups is 1. The number of phenols is 1. The van der Waals surface area contributed by atoms with Gasteiger partial charge in [0.25, 0.3) is 0 Å². The van der Waals surface area contributed by atoms with Crippen LogP contribution in [0.3, 0.4) is 0 Å². The third-order valence-corrected chi connectivity index (χ3v) is 7.43. The first kappa shape index (κ1) is 25.6. The lowest BCUT2D eigenvalue weighted by atomic mass is 9.94. The van der Waals surface area contributed by atoms with E-state index in [2.05, 4.69) is 15.0 Å². The number of benzene rings is 2. The van der Waals surface area contributed by atoms with E-state index in [4.69, 9.17) is 14.2 Å². The zero-order chi connectivity index (χ0) is 27.1. The van der Waals surface area contributed by atoms with Gasteiger partial charge in [-0.3, -0.25) is 4.98 Å². The van der Waals surface area contributed by atoms with Crippen LogP contribution in [0, 0.1) is 11.6 Å². The van der Waals surface area contributed by atoms with Gasteiger partial charge in [-0.05, 0) is 54.3 Å². The van der Waals surface area contributed by atoms with Gasteiger partial charge in [0, 0.05) is 37.9 Å². The molecule has 2 aliphatic heterocycles. The van der Waals surface area contributed by atoms with Gasteiger partial charge in [0.2, 0.25) is 0 Å². The molecule has 1 unspecified atom stereocenters. The van der Waals surface area contributed by atoms with Crippen molar-refractivity contribution < 1.29 is 28.1 Å². The number of halogens is 2. The summed E-state index contributed by atoms with van der Waals surface area (Å²) in [5.41, 5.74) is 0.538. The SMILES string of the molecule is CCc1c(F)ccc2cc(O)cc(-c3ncc4c(N5CCCOCC5)nc(OCCC5(C)CO5)nc4c3F)c12. The Hall–Kier alpha value is -3.63. The molecule has 204 valence electrons. The summed E-state index contributed by atoms with van der Waals surface area (Å²) in [5, 5.41) is 12.0. The van der Waals surface area contributed by atoms with E-state index in [0.717, 1.165) is 6.42 Å². The van der Waals surface area contributed by atoms with E-state index < -0.39 is 11.6 Å². The maximum Gasteiger partial charge on any atom is 0.319 e. The van der Waals surface area contributed by atoms with Gasteiger partial charge in [0.15, 0.2) is 5.82 Å². The molecule has 0 bridgehead atoms. The van der Waals surface area contributed by atoms with E-state index >= 15 is 4.39 Å². The number of pyridine rings is 1. The number of nitrogens with zero attached hydrogens (tertiary/aromatic N) is 4. The minimum Gasteiger partial charge on any atom is -0.508 e. The number of hydrogen-bond donors (Lipinski definition) is 1. The Bertz CT molecular complexity index is 1550. The van der Waals surface area contributed by atoms with Gasteiger partial charge >= 0.3 is 6.01 Å². The summed E-state index contributed by atoms with van der Waals surface area (Å²) in [4.78, 5) is 15.6. The van der Waals surface area contributed by atoms with Crippen molar-refractivity contribution in [3.8, 4) is 23.0 Å². The molecule has 8 nitrogen and oxygen atoms in total. The number of phenolic OH excluding ortho intramolecular Hbond substituents is 1. The molecular formula is C29H30F2N4O4. The van der Waals surface area contributed by atoms with Crippen molar-refractivity contribution in [1.82, 2.24) is 15.0 Å². The Morgan fingerprint density at radius 2 is 2.00 bits per heavy atom. The molecular weight excluding hydrogens is 506 g/mol. The Labute approximate surface area is 224 Å². The molecule has 2 fully saturated rings. The Morgan fingerprint density at radius 3 is 2.79 bits per heavy atom. The Kier molecular flexibility index (Phi) is 6.68. The first-order chi connectivity index (χ1) is 18.9. The molecule has 0 spiro atoms. The van der Waals surface area contributed by atoms with Crippen molar-refractivity contribution in [3.63, 3.8) is 0 Å². The number of rotatable bonds is 7. The van der Waals surface area contributed by atoms with E-state index in [-0.39, 0.29) is 28.6 Å². The van der Waals surface area contributed by atoms with Crippen LogP contribution in [-0.2, 0) is 15.9 Å². The van der Waals surface area contributed by atoms with Crippen LogP contribution in [-0.4, -0.2) is 65.2 Å². The summed E-state index contributed by atoms with van der Waals surface area (Å²) in [6.07, 6.45) is 3.39. The summed E-state index contributed by atoms with van der Waals surface area (Å²) in [6.45, 7) is 7.25. The molecule has 1 N–H and O–H groups in total. The van der Waals surface area contributed by atoms with Crippen LogP contribution >= 0.6 is 0 Å². The maximum atomic E-state index is 16.4. The van der Waals surface area contributed by atoms with Crippen molar-refractivity contribution >= 4 is 27.5 Å². The maximum absolute atomic E-state index is 16.4. The van der Waals surface area contributed by atoms with Crippen molar-refractivity contribution in [2.45, 2.75) is 38.7 Å². The number of aryl methyl sites for hydroxylation is 1. The lowest BCUT2D eigenvalue weighted by molar-refractivity contribution is 0.152. The summed E-state index contributed by atoms with van der Waals surface area (Å²) < 4.78 is 48.2. The second kappa shape index (κ2) is 10.2. The highest BCUT2D eigenvalue weighted by Crippen LogP contribution is 2.39. The molecule has 6 rings (SSSR count). The summed E-state index contributed by atoms with van der Waals surface area (Å²) in [7, 11) is 0. The lowest BCUT2D eigenvalue weighted by Gasteiger charge is -2.23. The summed E-state index contributed by atoms with van der Waals surface area (Å²) in [5.74, 6) is -0.633. The van der Waals surface area contributed by atoms with Gasteiger partial charge in [-0.25, -0.2) is 8.78 Å². The van der Waals surface area contributed by atoms with E-state index in [9.17, 15) is 9.50 Å². The van der Waals surface area contributed by atoms with Crippen LogP contribution < -0.4 is 9.64 Å². The third-order valence-electron chi connectivity index (χ3n) is 7.43. The van der Waals surface area contributed by atoms with Crippen molar-refractivity contribution in [3.05, 3.63) is 47.7 Å². The average molecular weight is 537 g/mol. The van der Waals surface area contributed by atoms with Gasteiger partial charge in [-0.1, -0.05) is 13.0 Å². The van der Waals surface area contributed by atoms with Crippen LogP contribution in [0.2, 0.25) is 0 Å². The van der Waals surface area contributed by atoms with E-state index in [0.29, 0.717) is 85.5 Å². The van der Waals surface area contributed by atoms with Gasteiger partial charge in [-0.2, -0.15) is 9.97 Å². The number of epoxide rings is 1. The lowest BCUT2D eigenvalue weighted by Crippen LogP contribution is -2.27. The highest BCUT2D eigenvalue weighted by Gasteiger charge is 2.38. The van der Waals surface area contributed by atoms with E-state index in [1.165, 1.54) is 18.2 Å². The average Bonchev–Trinajstić information content (AvgIpc) is 3.71. The normalized spacial score (nSPS) is 19.4. The van der Waals surface area contributed by atoms with Crippen LogP contribution in [0.5, 0.6) is 11.8 Å². The highest BCUT2D eigenvalue weighted by atomic mass is 19.1. The van der Waals surface area contributed by atoms with Gasteiger partial charge < -0.3 is 24.2 Å². The first-order valence-corrected chi connectivity index (χ1v) is 13.3. The van der Waals surface area contributed by atoms with Crippen LogP contribution in [0.4, 0.5) is 14.6 Å². The second-order valence-corrected chi connectivity index (χ2v) is 10.3. The van der Waals surface area contributed by atoms with Crippen molar-refractivity contribution in [2.75, 3.05) is 44.4 Å². The predicted molar refractivity (Wildman–Crippen MR) is 143 cm³/mol. The number of aromatic nitrogens is 3. The summed E-state index contributed by atoms with van der Waals surface area (Å²) in [6, 6.07) is 5.94. The van der Waals surface area contributed by atoms with Crippen LogP contribution in [0.1, 0.15) is 32.3 Å². The molecule has 2 aliphatic rings. The zero-order valence-corrected chi connectivity index (χ0v) is 22.0. The Balaban J connectivity index is 1.52. The largest absolute Gasteiger partial charge is 0.508 e. The minimum atomic E-state index is -0.692. The fourth-order valence-corrected chi connectivity index (χ4v) is 5.13. The first-order valence-electron chi connectivity index (χ1n) is 13.3. The van der Waals surface area contributed by atoms with Crippen molar-refractivity contribution in [2.24, 2.45) is 0 Å². The van der Waals surface area contributed by atoms with E-state index in [1.807, 2.05) is 18.7 Å². The molecule has 0 amide bonds. The quantitative estimate of drug-likeness (QED) is 0.323. The monoisotopic (exact) mass is 536 g/mol. The van der Waals surface area contributed by atoms with Crippen LogP contribution in [0.15, 0.2) is 30.5 Å². The number of fused-ring (bicyclic) bond motifs is 2. The second-order valence-electron chi connectivity index (χ2n) is 10.3. The topological polar surface area (TPSA) is 93.1 Å². The number of hydrogen-bond acceptors (Lipinski definition) is 8. The molecule has 0 saturated carbocycles. The van der Waals surface area contributed by atoms with Gasteiger partial charge in [0.1, 0.15) is 28.6 Å². The molecule has 39 heavy (non-hydrogen) atoms. The Morgan fingerprint density at radius 1 is 1.15 bits per heavy atom. The molecule has 4 aromatic rings. The van der Waals surface area contributed by atoms with Gasteiger partial charge in [0.05, 0.1) is 30.8 Å². The molecule has 0 aliphatic carbocycles.